The maximum Gasteiger partial charge on any atom is 0.322 e. The molecule has 1 saturated carbocycles. The highest BCUT2D eigenvalue weighted by Gasteiger charge is 2.28. The van der Waals surface area contributed by atoms with E-state index in [4.69, 9.17) is 10.6 Å². The highest BCUT2D eigenvalue weighted by molar-refractivity contribution is 5.91. The van der Waals surface area contributed by atoms with Crippen molar-refractivity contribution in [3.05, 3.63) is 41.7 Å². The number of carbonyl (C=O) groups excluding carboxylic acids is 1. The van der Waals surface area contributed by atoms with Crippen LogP contribution in [0.4, 0.5) is 22.1 Å². The van der Waals surface area contributed by atoms with Crippen LogP contribution in [-0.4, -0.2) is 55.4 Å². The van der Waals surface area contributed by atoms with Crippen LogP contribution in [0.5, 0.6) is 0 Å². The first-order valence-electron chi connectivity index (χ1n) is 11.3. The molecule has 2 fully saturated rings. The van der Waals surface area contributed by atoms with E-state index in [2.05, 4.69) is 37.5 Å². The first-order chi connectivity index (χ1) is 15.7. The Kier molecular flexibility index (Phi) is 7.03. The highest BCUT2D eigenvalue weighted by atomic mass is 16.6. The normalized spacial score (nSPS) is 17.5. The average molecular weight is 439 g/mol. The van der Waals surface area contributed by atoms with Crippen LogP contribution in [0.2, 0.25) is 0 Å². The summed E-state index contributed by atoms with van der Waals surface area (Å²) < 4.78 is 0. The van der Waals surface area contributed by atoms with Gasteiger partial charge in [-0.2, -0.15) is 0 Å². The predicted molar refractivity (Wildman–Crippen MR) is 125 cm³/mol. The molecule has 170 valence electrons. The van der Waals surface area contributed by atoms with Crippen LogP contribution >= 0.6 is 0 Å². The first-order valence-corrected chi connectivity index (χ1v) is 11.3. The number of aromatic amines is 1. The topological polar surface area (TPSA) is 110 Å². The Balaban J connectivity index is 1.33. The van der Waals surface area contributed by atoms with Crippen LogP contribution in [0.15, 0.2) is 35.7 Å². The average Bonchev–Trinajstić information content (AvgIpc) is 2.84. The van der Waals surface area contributed by atoms with Crippen molar-refractivity contribution in [1.29, 1.82) is 0 Å². The van der Waals surface area contributed by atoms with Crippen molar-refractivity contribution in [1.82, 2.24) is 9.88 Å². The molecule has 2 aliphatic rings. The lowest BCUT2D eigenvalue weighted by molar-refractivity contribution is -0.369. The van der Waals surface area contributed by atoms with Crippen molar-refractivity contribution in [3.8, 4) is 0 Å². The Morgan fingerprint density at radius 1 is 1.19 bits per heavy atom. The minimum atomic E-state index is -0.0746. The van der Waals surface area contributed by atoms with Crippen LogP contribution in [0.3, 0.4) is 0 Å². The molecule has 1 aliphatic carbocycles. The molecule has 0 unspecified atom stereocenters. The monoisotopic (exact) mass is 438 g/mol. The highest BCUT2D eigenvalue weighted by Crippen LogP contribution is 2.33. The third-order valence-corrected chi connectivity index (χ3v) is 6.34. The summed E-state index contributed by atoms with van der Waals surface area (Å²) in [7, 11) is 1.48. The fraction of sp³-hybridized carbons (Fsp3) is 0.478. The number of H-pyrrole nitrogens is 1. The van der Waals surface area contributed by atoms with Crippen LogP contribution in [0.1, 0.15) is 49.1 Å². The second kappa shape index (κ2) is 10.3. The molecular formula is C23H32N7O2+. The second-order valence-corrected chi connectivity index (χ2v) is 8.33. The van der Waals surface area contributed by atoms with Gasteiger partial charge < -0.3 is 20.8 Å². The number of urea groups is 1. The number of hydrogen-bond acceptors (Lipinski definition) is 6. The smallest absolute Gasteiger partial charge is 0.322 e. The van der Waals surface area contributed by atoms with Gasteiger partial charge in [0, 0.05) is 5.69 Å². The van der Waals surface area contributed by atoms with E-state index in [9.17, 15) is 4.79 Å². The Morgan fingerprint density at radius 3 is 2.59 bits per heavy atom. The van der Waals surface area contributed by atoms with E-state index in [0.29, 0.717) is 43.5 Å². The largest absolute Gasteiger partial charge is 0.399 e. The number of nitrogens with zero attached hydrogens (tertiary/aromatic N) is 4. The van der Waals surface area contributed by atoms with Gasteiger partial charge in [-0.1, -0.05) is 41.5 Å². The van der Waals surface area contributed by atoms with Crippen molar-refractivity contribution in [2.75, 3.05) is 49.2 Å². The summed E-state index contributed by atoms with van der Waals surface area (Å²) in [4.78, 5) is 28.8. The van der Waals surface area contributed by atoms with Crippen LogP contribution in [0.25, 0.3) is 0 Å². The van der Waals surface area contributed by atoms with E-state index in [-0.39, 0.29) is 6.03 Å². The van der Waals surface area contributed by atoms with Crippen LogP contribution in [0, 0.1) is 0 Å². The fourth-order valence-corrected chi connectivity index (χ4v) is 4.54. The lowest BCUT2D eigenvalue weighted by Gasteiger charge is -2.32. The summed E-state index contributed by atoms with van der Waals surface area (Å²) in [6.45, 7) is 2.54. The molecule has 32 heavy (non-hydrogen) atoms. The summed E-state index contributed by atoms with van der Waals surface area (Å²) in [5.41, 5.74) is 8.91. The lowest BCUT2D eigenvalue weighted by atomic mass is 9.84. The van der Waals surface area contributed by atoms with Crippen molar-refractivity contribution < 1.29 is 14.6 Å². The number of aromatic nitrogens is 2. The number of piperazine rings is 1. The number of nitrogens with one attached hydrogen (secondary N) is 2. The molecule has 0 spiro atoms. The van der Waals surface area contributed by atoms with Gasteiger partial charge in [0.15, 0.2) is 0 Å². The number of hydrogen-bond donors (Lipinski definition) is 2. The molecule has 1 saturated heterocycles. The van der Waals surface area contributed by atoms with Gasteiger partial charge in [0.1, 0.15) is 12.7 Å². The minimum Gasteiger partial charge on any atom is -0.399 e. The summed E-state index contributed by atoms with van der Waals surface area (Å²) in [5.74, 6) is 1.85. The molecule has 0 radical (unpaired) electrons. The molecule has 2 amide bonds. The number of nitrogen functional groups attached to an aromatic ring is 1. The SMILES string of the molecule is CO/N=C/c1c(N)nc[nH+]c1N1CCN(C(=O)Nc2ccc(C3CCCCC3)cc2)CC1. The summed E-state index contributed by atoms with van der Waals surface area (Å²) in [6.07, 6.45) is 9.64. The molecule has 0 atom stereocenters. The Morgan fingerprint density at radius 2 is 1.91 bits per heavy atom. The number of carbonyl (C=O) groups is 1. The van der Waals surface area contributed by atoms with Gasteiger partial charge in [-0.15, -0.1) is 0 Å². The zero-order chi connectivity index (χ0) is 22.3. The molecule has 2 heterocycles. The van der Waals surface area contributed by atoms with Gasteiger partial charge in [0.25, 0.3) is 0 Å². The molecule has 1 aromatic carbocycles. The van der Waals surface area contributed by atoms with Gasteiger partial charge in [0.2, 0.25) is 18.0 Å². The van der Waals surface area contributed by atoms with E-state index in [1.54, 1.807) is 12.5 Å². The van der Waals surface area contributed by atoms with E-state index >= 15 is 0 Å². The van der Waals surface area contributed by atoms with Gasteiger partial charge in [-0.25, -0.2) is 9.78 Å². The number of nitrogens with two attached hydrogens (primary N) is 1. The summed E-state index contributed by atoms with van der Waals surface area (Å²) in [5, 5.41) is 6.86. The van der Waals surface area contributed by atoms with Crippen molar-refractivity contribution in [3.63, 3.8) is 0 Å². The van der Waals surface area contributed by atoms with E-state index in [0.717, 1.165) is 11.5 Å². The maximum absolute atomic E-state index is 12.8. The van der Waals surface area contributed by atoms with E-state index in [1.807, 2.05) is 17.0 Å². The van der Waals surface area contributed by atoms with Crippen LogP contribution in [-0.2, 0) is 4.84 Å². The van der Waals surface area contributed by atoms with Crippen LogP contribution < -0.4 is 20.9 Å². The zero-order valence-electron chi connectivity index (χ0n) is 18.6. The third-order valence-electron chi connectivity index (χ3n) is 6.34. The number of benzene rings is 1. The van der Waals surface area contributed by atoms with E-state index in [1.165, 1.54) is 44.8 Å². The Hall–Kier alpha value is -3.36. The van der Waals surface area contributed by atoms with Crippen molar-refractivity contribution in [2.24, 2.45) is 5.16 Å². The van der Waals surface area contributed by atoms with Crippen molar-refractivity contribution >= 4 is 29.6 Å². The third kappa shape index (κ3) is 5.09. The van der Waals surface area contributed by atoms with Gasteiger partial charge in [0.05, 0.1) is 32.4 Å². The molecule has 9 nitrogen and oxygen atoms in total. The molecule has 4 N–H and O–H groups in total. The molecular weight excluding hydrogens is 406 g/mol. The minimum absolute atomic E-state index is 0.0746. The first kappa shape index (κ1) is 21.9. The number of rotatable bonds is 5. The summed E-state index contributed by atoms with van der Waals surface area (Å²) >= 11 is 0. The molecule has 0 bridgehead atoms. The number of oxime groups is 1. The molecule has 2 aromatic rings. The summed E-state index contributed by atoms with van der Waals surface area (Å²) in [6, 6.07) is 8.30. The second-order valence-electron chi connectivity index (χ2n) is 8.33. The number of anilines is 3. The molecule has 4 rings (SSSR count). The van der Waals surface area contributed by atoms with Crippen molar-refractivity contribution in [2.45, 2.75) is 38.0 Å². The van der Waals surface area contributed by atoms with Gasteiger partial charge in [-0.3, -0.25) is 4.90 Å². The predicted octanol–water partition coefficient (Wildman–Crippen LogP) is 2.86. The Labute approximate surface area is 188 Å². The standard InChI is InChI=1S/C23H31N7O2/c1-32-27-15-20-21(24)25-16-26-22(20)29-11-13-30(14-12-29)23(31)28-19-9-7-18(8-10-19)17-5-3-2-4-6-17/h7-10,15-17H,2-6,11-14H2,1H3,(H,28,31)(H2,24,25,26)/p+1/b27-15+. The zero-order valence-corrected chi connectivity index (χ0v) is 18.6. The fourth-order valence-electron chi connectivity index (χ4n) is 4.54. The maximum atomic E-state index is 12.8. The number of amides is 2. The molecule has 1 aliphatic heterocycles. The molecule has 1 aromatic heterocycles. The van der Waals surface area contributed by atoms with Gasteiger partial charge in [-0.05, 0) is 36.5 Å². The quantitative estimate of drug-likeness (QED) is 0.551. The lowest BCUT2D eigenvalue weighted by Crippen LogP contribution is -2.51. The Bertz CT molecular complexity index is 934. The van der Waals surface area contributed by atoms with E-state index < -0.39 is 0 Å². The van der Waals surface area contributed by atoms with Gasteiger partial charge >= 0.3 is 6.03 Å². The molecule has 9 heteroatoms.